The van der Waals surface area contributed by atoms with Crippen molar-refractivity contribution in [1.82, 2.24) is 9.78 Å². The minimum Gasteiger partial charge on any atom is -0.496 e. The predicted octanol–water partition coefficient (Wildman–Crippen LogP) is 3.99. The highest BCUT2D eigenvalue weighted by Gasteiger charge is 2.23. The maximum atomic E-state index is 11.4. The molecular formula is C21H21N3O3. The summed E-state index contributed by atoms with van der Waals surface area (Å²) < 4.78 is 7.35. The SMILES string of the molecule is COc1ccccc1-c1nn(-c2cccc(C(=O)O)c2)c2c1CCCCN2. The van der Waals surface area contributed by atoms with Crippen molar-refractivity contribution < 1.29 is 14.6 Å². The molecule has 3 aromatic rings. The summed E-state index contributed by atoms with van der Waals surface area (Å²) in [5.74, 6) is 0.748. The van der Waals surface area contributed by atoms with E-state index in [0.29, 0.717) is 0 Å². The number of aromatic carboxylic acids is 1. The smallest absolute Gasteiger partial charge is 0.335 e. The first-order valence-corrected chi connectivity index (χ1v) is 9.02. The Kier molecular flexibility index (Phi) is 4.54. The number of ether oxygens (including phenoxy) is 1. The standard InChI is InChI=1S/C21H21N3O3/c1-27-18-11-3-2-9-16(18)19-17-10-4-5-12-22-20(17)24(23-19)15-8-6-7-14(13-15)21(25)26/h2-3,6-9,11,13,22H,4-5,10,12H2,1H3,(H,25,26). The summed E-state index contributed by atoms with van der Waals surface area (Å²) in [6.07, 6.45) is 3.06. The zero-order valence-electron chi connectivity index (χ0n) is 15.1. The van der Waals surface area contributed by atoms with Crippen molar-refractivity contribution >= 4 is 11.8 Å². The Bertz CT molecular complexity index is 994. The summed E-state index contributed by atoms with van der Waals surface area (Å²) in [4.78, 5) is 11.4. The highest BCUT2D eigenvalue weighted by molar-refractivity contribution is 5.88. The van der Waals surface area contributed by atoms with E-state index in [2.05, 4.69) is 5.32 Å². The Hall–Kier alpha value is -3.28. The Labute approximate surface area is 157 Å². The monoisotopic (exact) mass is 363 g/mol. The lowest BCUT2D eigenvalue weighted by Gasteiger charge is -2.09. The molecule has 27 heavy (non-hydrogen) atoms. The Morgan fingerprint density at radius 2 is 2.04 bits per heavy atom. The molecule has 0 bridgehead atoms. The zero-order valence-corrected chi connectivity index (χ0v) is 15.1. The van der Waals surface area contributed by atoms with E-state index in [1.165, 1.54) is 0 Å². The van der Waals surface area contributed by atoms with Crippen LogP contribution in [-0.2, 0) is 6.42 Å². The minimum absolute atomic E-state index is 0.240. The van der Waals surface area contributed by atoms with Crippen molar-refractivity contribution in [2.45, 2.75) is 19.3 Å². The van der Waals surface area contributed by atoms with Gasteiger partial charge in [0.25, 0.3) is 0 Å². The van der Waals surface area contributed by atoms with Crippen molar-refractivity contribution in [2.75, 3.05) is 19.0 Å². The van der Waals surface area contributed by atoms with Gasteiger partial charge in [0, 0.05) is 17.7 Å². The van der Waals surface area contributed by atoms with Crippen LogP contribution in [0.2, 0.25) is 0 Å². The van der Waals surface area contributed by atoms with Gasteiger partial charge in [-0.25, -0.2) is 9.48 Å². The van der Waals surface area contributed by atoms with Gasteiger partial charge >= 0.3 is 5.97 Å². The number of nitrogens with one attached hydrogen (secondary N) is 1. The van der Waals surface area contributed by atoms with Crippen LogP contribution < -0.4 is 10.1 Å². The molecule has 0 saturated heterocycles. The van der Waals surface area contributed by atoms with Crippen molar-refractivity contribution in [1.29, 1.82) is 0 Å². The molecule has 0 spiro atoms. The summed E-state index contributed by atoms with van der Waals surface area (Å²) in [5, 5.41) is 17.7. The molecule has 2 heterocycles. The summed E-state index contributed by atoms with van der Waals surface area (Å²) in [5.41, 5.74) is 3.91. The molecule has 0 fully saturated rings. The second-order valence-electron chi connectivity index (χ2n) is 6.53. The molecule has 0 atom stereocenters. The molecule has 1 aliphatic heterocycles. The van der Waals surface area contributed by atoms with E-state index in [9.17, 15) is 9.90 Å². The molecule has 6 nitrogen and oxygen atoms in total. The average molecular weight is 363 g/mol. The second kappa shape index (κ2) is 7.15. The summed E-state index contributed by atoms with van der Waals surface area (Å²) in [7, 11) is 1.66. The number of fused-ring (bicyclic) bond motifs is 1. The molecule has 0 amide bonds. The van der Waals surface area contributed by atoms with Crippen LogP contribution >= 0.6 is 0 Å². The third kappa shape index (κ3) is 3.14. The van der Waals surface area contributed by atoms with Gasteiger partial charge in [0.1, 0.15) is 17.3 Å². The minimum atomic E-state index is -0.951. The lowest BCUT2D eigenvalue weighted by molar-refractivity contribution is 0.0697. The first kappa shape index (κ1) is 17.1. The Morgan fingerprint density at radius 3 is 2.85 bits per heavy atom. The van der Waals surface area contributed by atoms with E-state index in [0.717, 1.165) is 59.9 Å². The number of benzene rings is 2. The first-order valence-electron chi connectivity index (χ1n) is 9.02. The normalized spacial score (nSPS) is 13.4. The molecule has 1 aliphatic rings. The van der Waals surface area contributed by atoms with E-state index in [1.54, 1.807) is 25.3 Å². The quantitative estimate of drug-likeness (QED) is 0.733. The predicted molar refractivity (Wildman–Crippen MR) is 104 cm³/mol. The second-order valence-corrected chi connectivity index (χ2v) is 6.53. The number of nitrogens with zero attached hydrogens (tertiary/aromatic N) is 2. The van der Waals surface area contributed by atoms with Crippen molar-refractivity contribution in [3.8, 4) is 22.7 Å². The highest BCUT2D eigenvalue weighted by atomic mass is 16.5. The molecular weight excluding hydrogens is 342 g/mol. The maximum absolute atomic E-state index is 11.4. The van der Waals surface area contributed by atoms with E-state index >= 15 is 0 Å². The zero-order chi connectivity index (χ0) is 18.8. The number of hydrogen-bond donors (Lipinski definition) is 2. The average Bonchev–Trinajstić information content (AvgIpc) is 2.88. The highest BCUT2D eigenvalue weighted by Crippen LogP contribution is 2.37. The number of anilines is 1. The van der Waals surface area contributed by atoms with Gasteiger partial charge in [-0.2, -0.15) is 5.10 Å². The van der Waals surface area contributed by atoms with Crippen LogP contribution in [-0.4, -0.2) is 34.5 Å². The van der Waals surface area contributed by atoms with Gasteiger partial charge < -0.3 is 15.2 Å². The molecule has 2 aromatic carbocycles. The molecule has 0 aliphatic carbocycles. The number of hydrogen-bond acceptors (Lipinski definition) is 4. The van der Waals surface area contributed by atoms with Gasteiger partial charge in [0.15, 0.2) is 0 Å². The van der Waals surface area contributed by atoms with Gasteiger partial charge in [0.05, 0.1) is 18.4 Å². The van der Waals surface area contributed by atoms with Gasteiger partial charge in [0.2, 0.25) is 0 Å². The Balaban J connectivity index is 1.92. The number of carboxylic acids is 1. The van der Waals surface area contributed by atoms with Crippen LogP contribution in [0.25, 0.3) is 16.9 Å². The Morgan fingerprint density at radius 1 is 1.19 bits per heavy atom. The van der Waals surface area contributed by atoms with E-state index in [-0.39, 0.29) is 5.56 Å². The van der Waals surface area contributed by atoms with Crippen LogP contribution in [0.1, 0.15) is 28.8 Å². The van der Waals surface area contributed by atoms with Gasteiger partial charge in [-0.15, -0.1) is 0 Å². The first-order chi connectivity index (χ1) is 13.2. The fraction of sp³-hybridized carbons (Fsp3) is 0.238. The van der Waals surface area contributed by atoms with Crippen LogP contribution in [0.15, 0.2) is 48.5 Å². The molecule has 0 radical (unpaired) electrons. The van der Waals surface area contributed by atoms with Crippen LogP contribution in [0.5, 0.6) is 5.75 Å². The van der Waals surface area contributed by atoms with Gasteiger partial charge in [-0.3, -0.25) is 0 Å². The molecule has 1 aromatic heterocycles. The molecule has 2 N–H and O–H groups in total. The number of aromatic nitrogens is 2. The molecule has 4 rings (SSSR count). The number of carboxylic acid groups (broad SMARTS) is 1. The van der Waals surface area contributed by atoms with E-state index in [4.69, 9.17) is 9.84 Å². The van der Waals surface area contributed by atoms with E-state index in [1.807, 2.05) is 35.0 Å². The summed E-state index contributed by atoms with van der Waals surface area (Å²) >= 11 is 0. The number of rotatable bonds is 4. The fourth-order valence-electron chi connectivity index (χ4n) is 3.52. The van der Waals surface area contributed by atoms with Crippen LogP contribution in [0.4, 0.5) is 5.82 Å². The number of carbonyl (C=O) groups is 1. The topological polar surface area (TPSA) is 76.4 Å². The van der Waals surface area contributed by atoms with Crippen molar-refractivity contribution in [3.05, 3.63) is 59.7 Å². The van der Waals surface area contributed by atoms with Crippen LogP contribution in [0.3, 0.4) is 0 Å². The fourth-order valence-corrected chi connectivity index (χ4v) is 3.52. The maximum Gasteiger partial charge on any atom is 0.335 e. The molecule has 0 saturated carbocycles. The molecule has 138 valence electrons. The van der Waals surface area contributed by atoms with Gasteiger partial charge in [-0.05, 0) is 49.6 Å². The lowest BCUT2D eigenvalue weighted by Crippen LogP contribution is -2.08. The third-order valence-corrected chi connectivity index (χ3v) is 4.83. The molecule has 6 heteroatoms. The van der Waals surface area contributed by atoms with Crippen molar-refractivity contribution in [3.63, 3.8) is 0 Å². The molecule has 0 unspecified atom stereocenters. The van der Waals surface area contributed by atoms with Crippen molar-refractivity contribution in [2.24, 2.45) is 0 Å². The lowest BCUT2D eigenvalue weighted by atomic mass is 10.0. The number of para-hydroxylation sites is 1. The summed E-state index contributed by atoms with van der Waals surface area (Å²) in [6.45, 7) is 0.864. The third-order valence-electron chi connectivity index (χ3n) is 4.83. The summed E-state index contributed by atoms with van der Waals surface area (Å²) in [6, 6.07) is 14.7. The number of methoxy groups -OCH3 is 1. The largest absolute Gasteiger partial charge is 0.496 e. The van der Waals surface area contributed by atoms with Gasteiger partial charge in [-0.1, -0.05) is 18.2 Å². The van der Waals surface area contributed by atoms with E-state index < -0.39 is 5.97 Å². The van der Waals surface area contributed by atoms with Crippen LogP contribution in [0, 0.1) is 0 Å².